The van der Waals surface area contributed by atoms with Crippen molar-refractivity contribution in [3.63, 3.8) is 0 Å². The van der Waals surface area contributed by atoms with Crippen molar-refractivity contribution >= 4 is 6.03 Å². The van der Waals surface area contributed by atoms with Gasteiger partial charge in [0.25, 0.3) is 0 Å². The van der Waals surface area contributed by atoms with Crippen LogP contribution in [0.3, 0.4) is 0 Å². The van der Waals surface area contributed by atoms with Gasteiger partial charge >= 0.3 is 6.03 Å². The van der Waals surface area contributed by atoms with Crippen LogP contribution in [0.4, 0.5) is 4.79 Å². The maximum Gasteiger partial charge on any atom is 0.315 e. The second-order valence-corrected chi connectivity index (χ2v) is 3.66. The zero-order chi connectivity index (χ0) is 10.7. The van der Waals surface area contributed by atoms with E-state index in [0.717, 1.165) is 12.0 Å². The van der Waals surface area contributed by atoms with Crippen molar-refractivity contribution in [3.8, 4) is 0 Å². The number of nitrogens with one attached hydrogen (secondary N) is 2. The van der Waals surface area contributed by atoms with Gasteiger partial charge in [-0.3, -0.25) is 0 Å². The average molecular weight is 202 g/mol. The largest absolute Gasteiger partial charge is 0.332 e. The van der Waals surface area contributed by atoms with Gasteiger partial charge in [0.05, 0.1) is 12.1 Å². The number of benzene rings is 1. The molecule has 0 saturated carbocycles. The fourth-order valence-corrected chi connectivity index (χ4v) is 1.80. The van der Waals surface area contributed by atoms with Gasteiger partial charge in [-0.05, 0) is 12.0 Å². The SMILES string of the molecule is C=C[C@@H]1C[C@@H](c2ccccc2)NC(=O)N1. The third kappa shape index (κ3) is 2.18. The molecule has 3 heteroatoms. The summed E-state index contributed by atoms with van der Waals surface area (Å²) in [6, 6.07) is 10.00. The molecule has 1 fully saturated rings. The van der Waals surface area contributed by atoms with Crippen LogP contribution in [0.2, 0.25) is 0 Å². The van der Waals surface area contributed by atoms with Crippen LogP contribution in [0.15, 0.2) is 43.0 Å². The fourth-order valence-electron chi connectivity index (χ4n) is 1.80. The molecule has 2 atom stereocenters. The first-order valence-corrected chi connectivity index (χ1v) is 5.04. The maximum absolute atomic E-state index is 11.3. The molecule has 0 radical (unpaired) electrons. The molecule has 0 spiro atoms. The molecular weight excluding hydrogens is 188 g/mol. The van der Waals surface area contributed by atoms with Crippen LogP contribution in [0.5, 0.6) is 0 Å². The van der Waals surface area contributed by atoms with Crippen LogP contribution in [0, 0.1) is 0 Å². The van der Waals surface area contributed by atoms with E-state index in [1.54, 1.807) is 6.08 Å². The molecule has 2 N–H and O–H groups in total. The molecule has 1 heterocycles. The minimum atomic E-state index is -0.125. The molecule has 0 bridgehead atoms. The van der Waals surface area contributed by atoms with Crippen LogP contribution in [0.25, 0.3) is 0 Å². The summed E-state index contributed by atoms with van der Waals surface area (Å²) in [5, 5.41) is 5.70. The molecule has 78 valence electrons. The lowest BCUT2D eigenvalue weighted by atomic mass is 9.98. The van der Waals surface area contributed by atoms with E-state index >= 15 is 0 Å². The predicted molar refractivity (Wildman–Crippen MR) is 59.5 cm³/mol. The van der Waals surface area contributed by atoms with E-state index in [1.807, 2.05) is 30.3 Å². The van der Waals surface area contributed by atoms with E-state index in [0.29, 0.717) is 0 Å². The molecular formula is C12H14N2O. The van der Waals surface area contributed by atoms with E-state index in [4.69, 9.17) is 0 Å². The van der Waals surface area contributed by atoms with Gasteiger partial charge in [-0.25, -0.2) is 4.79 Å². The number of carbonyl (C=O) groups excluding carboxylic acids is 1. The van der Waals surface area contributed by atoms with E-state index in [9.17, 15) is 4.79 Å². The van der Waals surface area contributed by atoms with E-state index in [2.05, 4.69) is 17.2 Å². The Labute approximate surface area is 89.2 Å². The third-order valence-corrected chi connectivity index (χ3v) is 2.60. The van der Waals surface area contributed by atoms with Crippen LogP contribution in [0.1, 0.15) is 18.0 Å². The summed E-state index contributed by atoms with van der Waals surface area (Å²) in [5.74, 6) is 0. The predicted octanol–water partition coefficient (Wildman–Crippen LogP) is 1.99. The number of carbonyl (C=O) groups is 1. The Hall–Kier alpha value is -1.77. The van der Waals surface area contributed by atoms with Crippen LogP contribution < -0.4 is 10.6 Å². The van der Waals surface area contributed by atoms with Crippen molar-refractivity contribution in [2.24, 2.45) is 0 Å². The molecule has 1 aliphatic rings. The van der Waals surface area contributed by atoms with Crippen molar-refractivity contribution in [2.75, 3.05) is 0 Å². The molecule has 1 aliphatic heterocycles. The highest BCUT2D eigenvalue weighted by atomic mass is 16.2. The maximum atomic E-state index is 11.3. The number of rotatable bonds is 2. The van der Waals surface area contributed by atoms with Crippen molar-refractivity contribution < 1.29 is 4.79 Å². The van der Waals surface area contributed by atoms with Gasteiger partial charge in [0.15, 0.2) is 0 Å². The molecule has 0 aromatic heterocycles. The van der Waals surface area contributed by atoms with Gasteiger partial charge in [0, 0.05) is 0 Å². The molecule has 1 aromatic rings. The summed E-state index contributed by atoms with van der Waals surface area (Å²) in [6.45, 7) is 3.70. The first kappa shape index (κ1) is 9.77. The van der Waals surface area contributed by atoms with E-state index in [1.165, 1.54) is 0 Å². The number of urea groups is 1. The Morgan fingerprint density at radius 1 is 1.27 bits per heavy atom. The normalized spacial score (nSPS) is 25.2. The lowest BCUT2D eigenvalue weighted by molar-refractivity contribution is 0.224. The van der Waals surface area contributed by atoms with Crippen LogP contribution in [-0.2, 0) is 0 Å². The first-order valence-electron chi connectivity index (χ1n) is 5.04. The number of amides is 2. The highest BCUT2D eigenvalue weighted by molar-refractivity contribution is 5.76. The lowest BCUT2D eigenvalue weighted by Crippen LogP contribution is -2.49. The molecule has 1 saturated heterocycles. The first-order chi connectivity index (χ1) is 7.29. The molecule has 15 heavy (non-hydrogen) atoms. The zero-order valence-corrected chi connectivity index (χ0v) is 8.44. The molecule has 2 amide bonds. The Balaban J connectivity index is 2.16. The standard InChI is InChI=1S/C12H14N2O/c1-2-10-8-11(14-12(15)13-10)9-6-4-3-5-7-9/h2-7,10-11H,1,8H2,(H2,13,14,15)/t10-,11+/m1/s1. The monoisotopic (exact) mass is 202 g/mol. The zero-order valence-electron chi connectivity index (χ0n) is 8.44. The van der Waals surface area contributed by atoms with Crippen molar-refractivity contribution in [1.29, 1.82) is 0 Å². The van der Waals surface area contributed by atoms with E-state index < -0.39 is 0 Å². The Kier molecular flexibility index (Phi) is 2.72. The van der Waals surface area contributed by atoms with Gasteiger partial charge in [0.1, 0.15) is 0 Å². The minimum absolute atomic E-state index is 0.0592. The van der Waals surface area contributed by atoms with Gasteiger partial charge < -0.3 is 10.6 Å². The smallest absolute Gasteiger partial charge is 0.315 e. The molecule has 3 nitrogen and oxygen atoms in total. The summed E-state index contributed by atoms with van der Waals surface area (Å²) in [7, 11) is 0. The van der Waals surface area contributed by atoms with Crippen molar-refractivity contribution in [2.45, 2.75) is 18.5 Å². The fraction of sp³-hybridized carbons (Fsp3) is 0.250. The van der Waals surface area contributed by atoms with Gasteiger partial charge in [-0.2, -0.15) is 0 Å². The highest BCUT2D eigenvalue weighted by Gasteiger charge is 2.24. The minimum Gasteiger partial charge on any atom is -0.332 e. The van der Waals surface area contributed by atoms with Crippen molar-refractivity contribution in [1.82, 2.24) is 10.6 Å². The van der Waals surface area contributed by atoms with Gasteiger partial charge in [0.2, 0.25) is 0 Å². The molecule has 0 aliphatic carbocycles. The van der Waals surface area contributed by atoms with Gasteiger partial charge in [-0.15, -0.1) is 6.58 Å². The third-order valence-electron chi connectivity index (χ3n) is 2.60. The lowest BCUT2D eigenvalue weighted by Gasteiger charge is -2.29. The summed E-state index contributed by atoms with van der Waals surface area (Å²) in [5.41, 5.74) is 1.14. The summed E-state index contributed by atoms with van der Waals surface area (Å²) in [4.78, 5) is 11.3. The molecule has 2 rings (SSSR count). The number of hydrogen-bond acceptors (Lipinski definition) is 1. The Morgan fingerprint density at radius 3 is 2.67 bits per heavy atom. The number of hydrogen-bond donors (Lipinski definition) is 2. The van der Waals surface area contributed by atoms with E-state index in [-0.39, 0.29) is 18.1 Å². The molecule has 0 unspecified atom stereocenters. The van der Waals surface area contributed by atoms with Crippen LogP contribution in [-0.4, -0.2) is 12.1 Å². The highest BCUT2D eigenvalue weighted by Crippen LogP contribution is 2.21. The second kappa shape index (κ2) is 4.17. The quantitative estimate of drug-likeness (QED) is 0.707. The average Bonchev–Trinajstić information content (AvgIpc) is 2.29. The van der Waals surface area contributed by atoms with Crippen molar-refractivity contribution in [3.05, 3.63) is 48.6 Å². The Bertz CT molecular complexity index is 361. The summed E-state index contributed by atoms with van der Waals surface area (Å²) >= 11 is 0. The Morgan fingerprint density at radius 2 is 2.00 bits per heavy atom. The molecule has 1 aromatic carbocycles. The topological polar surface area (TPSA) is 41.1 Å². The van der Waals surface area contributed by atoms with Gasteiger partial charge in [-0.1, -0.05) is 36.4 Å². The second-order valence-electron chi connectivity index (χ2n) is 3.66. The summed E-state index contributed by atoms with van der Waals surface area (Å²) in [6.07, 6.45) is 2.62. The van der Waals surface area contributed by atoms with Crippen LogP contribution >= 0.6 is 0 Å². The summed E-state index contributed by atoms with van der Waals surface area (Å²) < 4.78 is 0.